The summed E-state index contributed by atoms with van der Waals surface area (Å²) in [4.78, 5) is 2.21. The zero-order valence-corrected chi connectivity index (χ0v) is 13.5. The van der Waals surface area contributed by atoms with Crippen molar-refractivity contribution in [1.29, 1.82) is 0 Å². The number of nitrogens with one attached hydrogen (secondary N) is 1. The molecule has 1 atom stereocenters. The first-order valence-corrected chi connectivity index (χ1v) is 7.20. The fourth-order valence-electron chi connectivity index (χ4n) is 2.25. The number of hydrogen-bond acceptors (Lipinski definition) is 3. The zero-order valence-electron chi connectivity index (χ0n) is 13.5. The molecule has 0 aliphatic rings. The molecule has 18 heavy (non-hydrogen) atoms. The lowest BCUT2D eigenvalue weighted by Gasteiger charge is -2.34. The van der Waals surface area contributed by atoms with Gasteiger partial charge in [-0.05, 0) is 52.2 Å². The van der Waals surface area contributed by atoms with E-state index in [0.29, 0.717) is 6.04 Å². The van der Waals surface area contributed by atoms with E-state index in [-0.39, 0.29) is 5.41 Å². The Morgan fingerprint density at radius 3 is 2.11 bits per heavy atom. The van der Waals surface area contributed by atoms with Gasteiger partial charge in [-0.3, -0.25) is 0 Å². The predicted octanol–water partition coefficient (Wildman–Crippen LogP) is 2.49. The first kappa shape index (κ1) is 17.9. The van der Waals surface area contributed by atoms with Crippen molar-refractivity contribution in [2.24, 2.45) is 5.41 Å². The lowest BCUT2D eigenvalue weighted by Crippen LogP contribution is -2.44. The molecule has 0 bridgehead atoms. The number of likely N-dealkylation sites (N-methyl/N-ethyl adjacent to an activating group) is 1. The molecule has 0 aromatic carbocycles. The maximum atomic E-state index is 9.80. The standard InChI is InChI=1S/C15H34N2O/c1-8-10-16-13(14(2,3)4)9-11-17(7)12-15(5,6)18/h13,16,18H,8-12H2,1-7H3. The van der Waals surface area contributed by atoms with E-state index in [0.717, 1.165) is 26.1 Å². The molecular weight excluding hydrogens is 224 g/mol. The average molecular weight is 258 g/mol. The third-order valence-electron chi connectivity index (χ3n) is 3.14. The van der Waals surface area contributed by atoms with Crippen LogP contribution in [0.2, 0.25) is 0 Å². The van der Waals surface area contributed by atoms with E-state index in [2.05, 4.69) is 45.0 Å². The molecule has 3 heteroatoms. The predicted molar refractivity (Wildman–Crippen MR) is 79.9 cm³/mol. The molecule has 1 unspecified atom stereocenters. The molecule has 3 nitrogen and oxygen atoms in total. The van der Waals surface area contributed by atoms with Gasteiger partial charge in [0.2, 0.25) is 0 Å². The van der Waals surface area contributed by atoms with E-state index in [1.54, 1.807) is 0 Å². The summed E-state index contributed by atoms with van der Waals surface area (Å²) in [6.07, 6.45) is 2.29. The van der Waals surface area contributed by atoms with Gasteiger partial charge in [0.15, 0.2) is 0 Å². The molecular formula is C15H34N2O. The topological polar surface area (TPSA) is 35.5 Å². The number of hydrogen-bond donors (Lipinski definition) is 2. The van der Waals surface area contributed by atoms with E-state index >= 15 is 0 Å². The van der Waals surface area contributed by atoms with Gasteiger partial charge in [0.25, 0.3) is 0 Å². The Morgan fingerprint density at radius 2 is 1.72 bits per heavy atom. The molecule has 0 radical (unpaired) electrons. The Hall–Kier alpha value is -0.120. The number of rotatable bonds is 8. The summed E-state index contributed by atoms with van der Waals surface area (Å²) in [5.74, 6) is 0. The monoisotopic (exact) mass is 258 g/mol. The van der Waals surface area contributed by atoms with Crippen LogP contribution >= 0.6 is 0 Å². The normalized spacial score (nSPS) is 15.2. The highest BCUT2D eigenvalue weighted by atomic mass is 16.3. The Morgan fingerprint density at radius 1 is 1.17 bits per heavy atom. The summed E-state index contributed by atoms with van der Waals surface area (Å²) >= 11 is 0. The van der Waals surface area contributed by atoms with Gasteiger partial charge in [0.05, 0.1) is 5.60 Å². The van der Waals surface area contributed by atoms with Gasteiger partial charge in [-0.15, -0.1) is 0 Å². The van der Waals surface area contributed by atoms with Crippen molar-refractivity contribution < 1.29 is 5.11 Å². The molecule has 0 fully saturated rings. The van der Waals surface area contributed by atoms with Crippen LogP contribution in [0, 0.1) is 5.41 Å². The van der Waals surface area contributed by atoms with Crippen LogP contribution in [0.5, 0.6) is 0 Å². The minimum absolute atomic E-state index is 0.282. The Bertz CT molecular complexity index is 216. The maximum absolute atomic E-state index is 9.80. The first-order chi connectivity index (χ1) is 8.06. The first-order valence-electron chi connectivity index (χ1n) is 7.20. The Kier molecular flexibility index (Phi) is 7.41. The average Bonchev–Trinajstić information content (AvgIpc) is 2.12. The van der Waals surface area contributed by atoms with Gasteiger partial charge in [0, 0.05) is 12.6 Å². The molecule has 0 saturated carbocycles. The van der Waals surface area contributed by atoms with Crippen LogP contribution in [0.15, 0.2) is 0 Å². The Balaban J connectivity index is 4.18. The molecule has 0 spiro atoms. The van der Waals surface area contributed by atoms with E-state index in [1.807, 2.05) is 13.8 Å². The molecule has 0 aromatic heterocycles. The van der Waals surface area contributed by atoms with Gasteiger partial charge < -0.3 is 15.3 Å². The van der Waals surface area contributed by atoms with Crippen molar-refractivity contribution in [3.63, 3.8) is 0 Å². The van der Waals surface area contributed by atoms with Crippen molar-refractivity contribution in [3.8, 4) is 0 Å². The molecule has 0 aromatic rings. The smallest absolute Gasteiger partial charge is 0.0718 e. The summed E-state index contributed by atoms with van der Waals surface area (Å²) in [5.41, 5.74) is -0.326. The molecule has 110 valence electrons. The SMILES string of the molecule is CCCNC(CCN(C)CC(C)(C)O)C(C)(C)C. The lowest BCUT2D eigenvalue weighted by atomic mass is 9.84. The second-order valence-electron chi connectivity index (χ2n) is 7.21. The van der Waals surface area contributed by atoms with Gasteiger partial charge in [-0.1, -0.05) is 27.7 Å². The largest absolute Gasteiger partial charge is 0.389 e. The van der Waals surface area contributed by atoms with Crippen LogP contribution < -0.4 is 5.32 Å². The van der Waals surface area contributed by atoms with Crippen LogP contribution in [0.1, 0.15) is 54.4 Å². The van der Waals surface area contributed by atoms with E-state index in [9.17, 15) is 5.11 Å². The molecule has 0 saturated heterocycles. The van der Waals surface area contributed by atoms with E-state index < -0.39 is 5.60 Å². The summed E-state index contributed by atoms with van der Waals surface area (Å²) in [6, 6.07) is 0.529. The molecule has 2 N–H and O–H groups in total. The minimum Gasteiger partial charge on any atom is -0.389 e. The summed E-state index contributed by atoms with van der Waals surface area (Å²) < 4.78 is 0. The fraction of sp³-hybridized carbons (Fsp3) is 1.00. The summed E-state index contributed by atoms with van der Waals surface area (Å²) in [5, 5.41) is 13.4. The summed E-state index contributed by atoms with van der Waals surface area (Å²) in [6.45, 7) is 15.6. The zero-order chi connectivity index (χ0) is 14.4. The maximum Gasteiger partial charge on any atom is 0.0718 e. The van der Waals surface area contributed by atoms with Crippen LogP contribution in [0.4, 0.5) is 0 Å². The molecule has 0 amide bonds. The lowest BCUT2D eigenvalue weighted by molar-refractivity contribution is 0.0423. The quantitative estimate of drug-likeness (QED) is 0.702. The van der Waals surface area contributed by atoms with E-state index in [4.69, 9.17) is 0 Å². The molecule has 0 aliphatic carbocycles. The highest BCUT2D eigenvalue weighted by Crippen LogP contribution is 2.22. The van der Waals surface area contributed by atoms with E-state index in [1.165, 1.54) is 6.42 Å². The second kappa shape index (κ2) is 7.46. The van der Waals surface area contributed by atoms with Crippen molar-refractivity contribution in [2.45, 2.75) is 66.0 Å². The number of nitrogens with zero attached hydrogens (tertiary/aromatic N) is 1. The highest BCUT2D eigenvalue weighted by Gasteiger charge is 2.24. The van der Waals surface area contributed by atoms with Crippen LogP contribution in [0.25, 0.3) is 0 Å². The molecule has 0 heterocycles. The fourth-order valence-corrected chi connectivity index (χ4v) is 2.25. The van der Waals surface area contributed by atoms with Gasteiger partial charge in [0.1, 0.15) is 0 Å². The van der Waals surface area contributed by atoms with Crippen LogP contribution in [-0.4, -0.2) is 48.3 Å². The van der Waals surface area contributed by atoms with Crippen molar-refractivity contribution in [2.75, 3.05) is 26.7 Å². The third kappa shape index (κ3) is 8.90. The van der Waals surface area contributed by atoms with Crippen LogP contribution in [0.3, 0.4) is 0 Å². The molecule has 0 rings (SSSR count). The molecule has 0 aliphatic heterocycles. The van der Waals surface area contributed by atoms with Gasteiger partial charge in [-0.25, -0.2) is 0 Å². The van der Waals surface area contributed by atoms with Crippen molar-refractivity contribution in [1.82, 2.24) is 10.2 Å². The van der Waals surface area contributed by atoms with Gasteiger partial charge in [-0.2, -0.15) is 0 Å². The second-order valence-corrected chi connectivity index (χ2v) is 7.21. The van der Waals surface area contributed by atoms with Crippen molar-refractivity contribution in [3.05, 3.63) is 0 Å². The highest BCUT2D eigenvalue weighted by molar-refractivity contribution is 4.82. The number of aliphatic hydroxyl groups is 1. The van der Waals surface area contributed by atoms with Crippen molar-refractivity contribution >= 4 is 0 Å². The van der Waals surface area contributed by atoms with Gasteiger partial charge >= 0.3 is 0 Å². The minimum atomic E-state index is -0.608. The third-order valence-corrected chi connectivity index (χ3v) is 3.14. The summed E-state index contributed by atoms with van der Waals surface area (Å²) in [7, 11) is 2.08. The Labute approximate surface area is 114 Å². The van der Waals surface area contributed by atoms with Crippen LogP contribution in [-0.2, 0) is 0 Å².